The monoisotopic (exact) mass is 367 g/mol. The lowest BCUT2D eigenvalue weighted by Crippen LogP contribution is -2.48. The minimum Gasteiger partial charge on any atom is -0.460 e. The molecule has 1 aromatic carbocycles. The summed E-state index contributed by atoms with van der Waals surface area (Å²) in [6, 6.07) is 7.96. The molecule has 4 rings (SSSR count). The van der Waals surface area contributed by atoms with Gasteiger partial charge in [-0.3, -0.25) is 4.79 Å². The molecule has 1 aliphatic heterocycles. The van der Waals surface area contributed by atoms with Crippen LogP contribution in [0.25, 0.3) is 17.0 Å². The third-order valence-corrected chi connectivity index (χ3v) is 5.54. The smallest absolute Gasteiger partial charge is 0.246 e. The highest BCUT2D eigenvalue weighted by molar-refractivity contribution is 7.13. The highest BCUT2D eigenvalue weighted by Gasteiger charge is 2.21. The molecule has 0 bridgehead atoms. The molecule has 1 saturated heterocycles. The average molecular weight is 367 g/mol. The number of aromatic nitrogens is 1. The van der Waals surface area contributed by atoms with E-state index in [4.69, 9.17) is 4.42 Å². The first-order valence-electron chi connectivity index (χ1n) is 8.88. The molecule has 3 aromatic rings. The fourth-order valence-corrected chi connectivity index (χ4v) is 4.01. The molecule has 1 aliphatic rings. The molecule has 0 aliphatic carbocycles. The number of amides is 1. The summed E-state index contributed by atoms with van der Waals surface area (Å²) in [5.74, 6) is 0.972. The minimum absolute atomic E-state index is 0.0520. The van der Waals surface area contributed by atoms with Gasteiger partial charge in [0.2, 0.25) is 5.91 Å². The second kappa shape index (κ2) is 7.33. The van der Waals surface area contributed by atoms with Crippen LogP contribution in [0.15, 0.2) is 46.3 Å². The second-order valence-corrected chi connectivity index (χ2v) is 7.12. The molecule has 0 saturated carbocycles. The van der Waals surface area contributed by atoms with Crippen molar-refractivity contribution < 1.29 is 9.21 Å². The van der Waals surface area contributed by atoms with Gasteiger partial charge >= 0.3 is 0 Å². The number of furan rings is 1. The van der Waals surface area contributed by atoms with Gasteiger partial charge in [0.25, 0.3) is 0 Å². The summed E-state index contributed by atoms with van der Waals surface area (Å²) in [6.07, 6.45) is 6.20. The first kappa shape index (κ1) is 16.8. The first-order chi connectivity index (χ1) is 12.8. The largest absolute Gasteiger partial charge is 0.460 e. The molecule has 6 heteroatoms. The van der Waals surface area contributed by atoms with Crippen molar-refractivity contribution in [1.82, 2.24) is 9.88 Å². The fourth-order valence-electron chi connectivity index (χ4n) is 3.31. The Morgan fingerprint density at radius 3 is 2.81 bits per heavy atom. The van der Waals surface area contributed by atoms with Crippen LogP contribution in [0, 0.1) is 0 Å². The lowest BCUT2D eigenvalue weighted by atomic mass is 10.1. The number of hydrogen-bond donors (Lipinski definition) is 0. The molecule has 0 unspecified atom stereocenters. The number of hydrogen-bond acceptors (Lipinski definition) is 5. The van der Waals surface area contributed by atoms with Gasteiger partial charge in [0.1, 0.15) is 11.3 Å². The van der Waals surface area contributed by atoms with E-state index >= 15 is 0 Å². The van der Waals surface area contributed by atoms with Crippen molar-refractivity contribution in [2.75, 3.05) is 31.1 Å². The van der Waals surface area contributed by atoms with Crippen molar-refractivity contribution >= 4 is 39.4 Å². The highest BCUT2D eigenvalue weighted by atomic mass is 32.1. The molecule has 1 amide bonds. The van der Waals surface area contributed by atoms with E-state index in [1.165, 1.54) is 0 Å². The molecular weight excluding hydrogens is 346 g/mol. The number of benzene rings is 1. The van der Waals surface area contributed by atoms with Gasteiger partial charge in [0.15, 0.2) is 5.13 Å². The molecular formula is C20H21N3O2S. The predicted octanol–water partition coefficient (Wildman–Crippen LogP) is 3.81. The van der Waals surface area contributed by atoms with Crippen molar-refractivity contribution in [2.45, 2.75) is 13.3 Å². The molecule has 0 N–H and O–H groups in total. The van der Waals surface area contributed by atoms with Crippen LogP contribution in [0.3, 0.4) is 0 Å². The van der Waals surface area contributed by atoms with E-state index in [1.54, 1.807) is 17.4 Å². The molecule has 3 heterocycles. The van der Waals surface area contributed by atoms with E-state index < -0.39 is 0 Å². The Balaban J connectivity index is 1.45. The van der Waals surface area contributed by atoms with Crippen LogP contribution in [-0.4, -0.2) is 42.0 Å². The minimum atomic E-state index is 0.0520. The zero-order chi connectivity index (χ0) is 17.9. The number of thiazole rings is 1. The van der Waals surface area contributed by atoms with Crippen molar-refractivity contribution in [3.63, 3.8) is 0 Å². The number of piperazine rings is 1. The van der Waals surface area contributed by atoms with Crippen LogP contribution in [0.2, 0.25) is 0 Å². The second-order valence-electron chi connectivity index (χ2n) is 6.25. The van der Waals surface area contributed by atoms with Crippen molar-refractivity contribution in [2.24, 2.45) is 0 Å². The Hall–Kier alpha value is -2.60. The Morgan fingerprint density at radius 1 is 1.27 bits per heavy atom. The fraction of sp³-hybridized carbons (Fsp3) is 0.300. The molecule has 0 spiro atoms. The van der Waals surface area contributed by atoms with Gasteiger partial charge in [-0.15, -0.1) is 11.3 Å². The maximum Gasteiger partial charge on any atom is 0.246 e. The van der Waals surface area contributed by atoms with Gasteiger partial charge < -0.3 is 14.2 Å². The van der Waals surface area contributed by atoms with Crippen LogP contribution < -0.4 is 4.90 Å². The predicted molar refractivity (Wildman–Crippen MR) is 106 cm³/mol. The van der Waals surface area contributed by atoms with E-state index in [1.807, 2.05) is 46.8 Å². The average Bonchev–Trinajstić information content (AvgIpc) is 3.34. The maximum absolute atomic E-state index is 12.6. The van der Waals surface area contributed by atoms with Gasteiger partial charge in [-0.05, 0) is 12.1 Å². The normalized spacial score (nSPS) is 15.3. The summed E-state index contributed by atoms with van der Waals surface area (Å²) in [6.45, 7) is 5.14. The zero-order valence-electron chi connectivity index (χ0n) is 14.7. The zero-order valence-corrected chi connectivity index (χ0v) is 15.5. The number of carbonyl (C=O) groups excluding carboxylic acids is 1. The molecule has 5 nitrogen and oxygen atoms in total. The van der Waals surface area contributed by atoms with Crippen LogP contribution >= 0.6 is 11.3 Å². The van der Waals surface area contributed by atoms with E-state index in [9.17, 15) is 4.79 Å². The Morgan fingerprint density at radius 2 is 2.08 bits per heavy atom. The number of nitrogens with zero attached hydrogens (tertiary/aromatic N) is 3. The summed E-state index contributed by atoms with van der Waals surface area (Å²) in [4.78, 5) is 21.1. The van der Waals surface area contributed by atoms with Gasteiger partial charge in [-0.2, -0.15) is 0 Å². The quantitative estimate of drug-likeness (QED) is 0.658. The SMILES string of the molecule is CCc1oc2ccccc2c1C=CC(=O)N1CCN(c2nccs2)CC1. The molecule has 0 atom stereocenters. The molecule has 134 valence electrons. The number of carbonyl (C=O) groups is 1. The summed E-state index contributed by atoms with van der Waals surface area (Å²) >= 11 is 1.64. The molecule has 0 radical (unpaired) electrons. The summed E-state index contributed by atoms with van der Waals surface area (Å²) < 4.78 is 5.89. The number of anilines is 1. The number of fused-ring (bicyclic) bond motifs is 1. The standard InChI is InChI=1S/C20H21N3O2S/c1-2-17-16(15-5-3-4-6-18(15)25-17)7-8-19(24)22-10-12-23(13-11-22)20-21-9-14-26-20/h3-9,14H,2,10-13H2,1H3. The Bertz CT molecular complexity index is 922. The number of para-hydroxylation sites is 1. The van der Waals surface area contributed by atoms with Crippen LogP contribution in [-0.2, 0) is 11.2 Å². The van der Waals surface area contributed by atoms with Crippen molar-refractivity contribution in [1.29, 1.82) is 0 Å². The van der Waals surface area contributed by atoms with E-state index in [0.717, 1.165) is 60.0 Å². The van der Waals surface area contributed by atoms with Crippen LogP contribution in [0.4, 0.5) is 5.13 Å². The number of aryl methyl sites for hydroxylation is 1. The summed E-state index contributed by atoms with van der Waals surface area (Å²) in [5, 5.41) is 4.07. The van der Waals surface area contributed by atoms with Gasteiger partial charge in [-0.1, -0.05) is 25.1 Å². The van der Waals surface area contributed by atoms with E-state index in [-0.39, 0.29) is 5.91 Å². The summed E-state index contributed by atoms with van der Waals surface area (Å²) in [5.41, 5.74) is 1.88. The van der Waals surface area contributed by atoms with Gasteiger partial charge in [0.05, 0.1) is 0 Å². The van der Waals surface area contributed by atoms with Gasteiger partial charge in [-0.25, -0.2) is 4.98 Å². The van der Waals surface area contributed by atoms with Gasteiger partial charge in [0, 0.05) is 61.2 Å². The van der Waals surface area contributed by atoms with E-state index in [2.05, 4.69) is 16.8 Å². The van der Waals surface area contributed by atoms with Crippen LogP contribution in [0.5, 0.6) is 0 Å². The molecule has 26 heavy (non-hydrogen) atoms. The Labute approximate surface area is 156 Å². The highest BCUT2D eigenvalue weighted by Crippen LogP contribution is 2.27. The van der Waals surface area contributed by atoms with Crippen LogP contribution in [0.1, 0.15) is 18.2 Å². The first-order valence-corrected chi connectivity index (χ1v) is 9.76. The lowest BCUT2D eigenvalue weighted by molar-refractivity contribution is -0.126. The molecule has 2 aromatic heterocycles. The maximum atomic E-state index is 12.6. The van der Waals surface area contributed by atoms with Crippen molar-refractivity contribution in [3.05, 3.63) is 53.2 Å². The van der Waals surface area contributed by atoms with Crippen molar-refractivity contribution in [3.8, 4) is 0 Å². The topological polar surface area (TPSA) is 49.6 Å². The molecule has 1 fully saturated rings. The van der Waals surface area contributed by atoms with E-state index in [0.29, 0.717) is 0 Å². The third kappa shape index (κ3) is 3.24. The Kier molecular flexibility index (Phi) is 4.75. The number of rotatable bonds is 4. The lowest BCUT2D eigenvalue weighted by Gasteiger charge is -2.34. The third-order valence-electron chi connectivity index (χ3n) is 4.71. The summed E-state index contributed by atoms with van der Waals surface area (Å²) in [7, 11) is 0.